The summed E-state index contributed by atoms with van der Waals surface area (Å²) < 4.78 is 27.4. The molecule has 2 aromatic rings. The maximum absolute atomic E-state index is 13.4. The molecule has 1 saturated heterocycles. The number of rotatable bonds is 6. The predicted octanol–water partition coefficient (Wildman–Crippen LogP) is 2.25. The smallest absolute Gasteiger partial charge is 0.263 e. The van der Waals surface area contributed by atoms with Gasteiger partial charge >= 0.3 is 0 Å². The van der Waals surface area contributed by atoms with E-state index in [9.17, 15) is 13.2 Å². The number of fused-ring (bicyclic) bond motifs is 1. The van der Waals surface area contributed by atoms with Gasteiger partial charge in [-0.15, -0.1) is 11.3 Å². The topological polar surface area (TPSA) is 95.0 Å². The van der Waals surface area contributed by atoms with Crippen LogP contribution >= 0.6 is 11.3 Å². The number of sulfonamides is 1. The average Bonchev–Trinajstić information content (AvgIpc) is 3.31. The van der Waals surface area contributed by atoms with E-state index in [1.807, 2.05) is 25.7 Å². The summed E-state index contributed by atoms with van der Waals surface area (Å²) in [5.74, 6) is 0.208. The first-order chi connectivity index (χ1) is 15.3. The number of nitrogens with zero attached hydrogens (tertiary/aromatic N) is 4. The van der Waals surface area contributed by atoms with Crippen molar-refractivity contribution in [2.45, 2.75) is 44.7 Å². The van der Waals surface area contributed by atoms with Crippen molar-refractivity contribution in [2.75, 3.05) is 26.2 Å². The number of hydrogen-bond acceptors (Lipinski definition) is 7. The zero-order valence-electron chi connectivity index (χ0n) is 18.6. The van der Waals surface area contributed by atoms with E-state index < -0.39 is 16.1 Å². The Kier molecular flexibility index (Phi) is 6.64. The van der Waals surface area contributed by atoms with Crippen LogP contribution in [0.3, 0.4) is 0 Å². The van der Waals surface area contributed by atoms with E-state index in [4.69, 9.17) is 0 Å². The molecule has 2 atom stereocenters. The first kappa shape index (κ1) is 22.9. The standard InChI is InChI=1S/C22H29N5O3S2/c1-4-15(2)20(24-21-18-7-5-6-8-19(18)32(29,30)25-21)22(28)27-11-9-26(10-12-27)13-17-14-31-16(3)23-17/h5-8,14-15,20H,4,9-13H2,1-3H3,(H,24,25)/t15-,20-/m0/s1. The summed E-state index contributed by atoms with van der Waals surface area (Å²) in [6.07, 6.45) is 0.769. The van der Waals surface area contributed by atoms with Gasteiger partial charge in [0.1, 0.15) is 11.9 Å². The molecule has 0 saturated carbocycles. The minimum atomic E-state index is -3.64. The largest absolute Gasteiger partial charge is 0.338 e. The molecule has 1 N–H and O–H groups in total. The second-order valence-corrected chi connectivity index (χ2v) is 11.1. The molecule has 172 valence electrons. The fourth-order valence-electron chi connectivity index (χ4n) is 4.04. The van der Waals surface area contributed by atoms with Crippen molar-refractivity contribution in [2.24, 2.45) is 10.9 Å². The van der Waals surface area contributed by atoms with Crippen LogP contribution in [0.5, 0.6) is 0 Å². The van der Waals surface area contributed by atoms with Crippen LogP contribution in [0, 0.1) is 12.8 Å². The lowest BCUT2D eigenvalue weighted by molar-refractivity contribution is -0.135. The van der Waals surface area contributed by atoms with Crippen molar-refractivity contribution in [1.82, 2.24) is 19.5 Å². The van der Waals surface area contributed by atoms with E-state index in [1.54, 1.807) is 35.6 Å². The number of amidine groups is 1. The fourth-order valence-corrected chi connectivity index (χ4v) is 5.88. The monoisotopic (exact) mass is 475 g/mol. The second-order valence-electron chi connectivity index (χ2n) is 8.37. The molecule has 0 spiro atoms. The summed E-state index contributed by atoms with van der Waals surface area (Å²) in [6, 6.07) is 6.12. The van der Waals surface area contributed by atoms with Gasteiger partial charge in [-0.2, -0.15) is 0 Å². The molecule has 0 bridgehead atoms. The molecule has 3 heterocycles. The van der Waals surface area contributed by atoms with E-state index in [2.05, 4.69) is 25.0 Å². The van der Waals surface area contributed by atoms with E-state index in [1.165, 1.54) is 0 Å². The molecule has 0 radical (unpaired) electrons. The Morgan fingerprint density at radius 3 is 2.62 bits per heavy atom. The number of hydrogen-bond donors (Lipinski definition) is 1. The van der Waals surface area contributed by atoms with E-state index in [0.29, 0.717) is 18.7 Å². The molecular weight excluding hydrogens is 446 g/mol. The Balaban J connectivity index is 1.49. The number of carbonyl (C=O) groups is 1. The minimum absolute atomic E-state index is 0.0109. The van der Waals surface area contributed by atoms with Crippen LogP contribution in [0.25, 0.3) is 0 Å². The van der Waals surface area contributed by atoms with Crippen LogP contribution in [0.1, 0.15) is 36.5 Å². The number of nitrogens with one attached hydrogen (secondary N) is 1. The predicted molar refractivity (Wildman–Crippen MR) is 125 cm³/mol. The maximum atomic E-state index is 13.4. The molecular formula is C22H29N5O3S2. The molecule has 2 aliphatic rings. The second kappa shape index (κ2) is 9.29. The van der Waals surface area contributed by atoms with Gasteiger partial charge in [-0.25, -0.2) is 13.4 Å². The third-order valence-electron chi connectivity index (χ3n) is 6.10. The van der Waals surface area contributed by atoms with Gasteiger partial charge in [0.15, 0.2) is 0 Å². The number of aromatic nitrogens is 1. The molecule has 0 unspecified atom stereocenters. The third kappa shape index (κ3) is 4.72. The van der Waals surface area contributed by atoms with E-state index in [0.717, 1.165) is 36.8 Å². The number of aliphatic imine (C=N–C) groups is 1. The van der Waals surface area contributed by atoms with Crippen molar-refractivity contribution in [3.8, 4) is 0 Å². The lowest BCUT2D eigenvalue weighted by atomic mass is 9.97. The van der Waals surface area contributed by atoms with Crippen molar-refractivity contribution >= 4 is 33.1 Å². The highest BCUT2D eigenvalue weighted by Gasteiger charge is 2.35. The highest BCUT2D eigenvalue weighted by Crippen LogP contribution is 2.25. The quantitative estimate of drug-likeness (QED) is 0.692. The van der Waals surface area contributed by atoms with Gasteiger partial charge in [-0.3, -0.25) is 19.4 Å². The van der Waals surface area contributed by atoms with Crippen LogP contribution in [0.4, 0.5) is 0 Å². The van der Waals surface area contributed by atoms with Crippen LogP contribution < -0.4 is 4.72 Å². The Morgan fingerprint density at radius 1 is 1.25 bits per heavy atom. The van der Waals surface area contributed by atoms with E-state index in [-0.39, 0.29) is 22.6 Å². The van der Waals surface area contributed by atoms with Crippen LogP contribution in [-0.4, -0.2) is 67.2 Å². The molecule has 10 heteroatoms. The molecule has 1 aromatic heterocycles. The summed E-state index contributed by atoms with van der Waals surface area (Å²) in [5, 5.41) is 3.15. The van der Waals surface area contributed by atoms with Gasteiger partial charge in [-0.05, 0) is 25.0 Å². The first-order valence-electron chi connectivity index (χ1n) is 10.9. The van der Waals surface area contributed by atoms with Gasteiger partial charge in [-0.1, -0.05) is 32.4 Å². The van der Waals surface area contributed by atoms with E-state index >= 15 is 0 Å². The molecule has 1 amide bonds. The normalized spacial score (nSPS) is 21.2. The van der Waals surface area contributed by atoms with Crippen molar-refractivity contribution < 1.29 is 13.2 Å². The van der Waals surface area contributed by atoms with Crippen molar-refractivity contribution in [1.29, 1.82) is 0 Å². The zero-order chi connectivity index (χ0) is 22.9. The molecule has 0 aliphatic carbocycles. The van der Waals surface area contributed by atoms with Crippen LogP contribution in [0.15, 0.2) is 39.5 Å². The van der Waals surface area contributed by atoms with Crippen molar-refractivity contribution in [3.05, 3.63) is 45.9 Å². The minimum Gasteiger partial charge on any atom is -0.338 e. The summed E-state index contributed by atoms with van der Waals surface area (Å²) in [4.78, 5) is 27.0. The Labute approximate surface area is 193 Å². The van der Waals surface area contributed by atoms with Gasteiger partial charge < -0.3 is 4.90 Å². The zero-order valence-corrected chi connectivity index (χ0v) is 20.2. The van der Waals surface area contributed by atoms with Gasteiger partial charge in [0.2, 0.25) is 5.91 Å². The lowest BCUT2D eigenvalue weighted by Crippen LogP contribution is -2.52. The third-order valence-corrected chi connectivity index (χ3v) is 8.32. The van der Waals surface area contributed by atoms with Crippen LogP contribution in [-0.2, 0) is 21.4 Å². The number of carbonyl (C=O) groups excluding carboxylic acids is 1. The number of aryl methyl sites for hydroxylation is 1. The van der Waals surface area contributed by atoms with Crippen molar-refractivity contribution in [3.63, 3.8) is 0 Å². The molecule has 1 aromatic carbocycles. The molecule has 8 nitrogen and oxygen atoms in total. The van der Waals surface area contributed by atoms with Crippen LogP contribution in [0.2, 0.25) is 0 Å². The highest BCUT2D eigenvalue weighted by atomic mass is 32.2. The molecule has 2 aliphatic heterocycles. The molecule has 1 fully saturated rings. The Bertz CT molecular complexity index is 1120. The summed E-state index contributed by atoms with van der Waals surface area (Å²) >= 11 is 1.65. The average molecular weight is 476 g/mol. The Hall–Kier alpha value is -2.30. The summed E-state index contributed by atoms with van der Waals surface area (Å²) in [5.41, 5.74) is 1.60. The SMILES string of the molecule is CC[C@H](C)[C@H](N=C1NS(=O)(=O)c2ccccc21)C(=O)N1CCN(Cc2csc(C)n2)CC1. The summed E-state index contributed by atoms with van der Waals surface area (Å²) in [6.45, 7) is 9.62. The maximum Gasteiger partial charge on any atom is 0.263 e. The van der Waals surface area contributed by atoms with Gasteiger partial charge in [0, 0.05) is 43.7 Å². The highest BCUT2D eigenvalue weighted by molar-refractivity contribution is 7.90. The summed E-state index contributed by atoms with van der Waals surface area (Å²) in [7, 11) is -3.64. The molecule has 32 heavy (non-hydrogen) atoms. The molecule has 4 rings (SSSR count). The Morgan fingerprint density at radius 2 is 1.97 bits per heavy atom. The fraction of sp³-hybridized carbons (Fsp3) is 0.500. The number of piperazine rings is 1. The van der Waals surface area contributed by atoms with Gasteiger partial charge in [0.05, 0.1) is 15.6 Å². The number of amides is 1. The van der Waals surface area contributed by atoms with Gasteiger partial charge in [0.25, 0.3) is 10.0 Å². The number of benzene rings is 1. The lowest BCUT2D eigenvalue weighted by Gasteiger charge is -2.36. The first-order valence-corrected chi connectivity index (χ1v) is 13.3. The number of thiazole rings is 1.